The summed E-state index contributed by atoms with van der Waals surface area (Å²) in [5, 5.41) is 12.3. The molecule has 0 aliphatic rings. The fourth-order valence-corrected chi connectivity index (χ4v) is 9.04. The number of carbonyl (C=O) groups is 4. The Balaban J connectivity index is 1.26. The lowest BCUT2D eigenvalue weighted by atomic mass is 9.83. The molecule has 6 aromatic rings. The lowest BCUT2D eigenvalue weighted by Gasteiger charge is -2.36. The van der Waals surface area contributed by atoms with E-state index in [1.807, 2.05) is 60.7 Å². The molecule has 0 atom stereocenters. The number of rotatable bonds is 32. The molecule has 0 aliphatic heterocycles. The number of pyridine rings is 3. The molecule has 0 saturated carbocycles. The van der Waals surface area contributed by atoms with Gasteiger partial charge in [-0.05, 0) is 68.7 Å². The highest BCUT2D eigenvalue weighted by molar-refractivity contribution is 5.96. The van der Waals surface area contributed by atoms with Crippen molar-refractivity contribution < 1.29 is 42.9 Å². The number of nitrogens with zero attached hydrogens (tertiary/aromatic N) is 3. The molecule has 3 heterocycles. The third kappa shape index (κ3) is 16.9. The molecule has 0 unspecified atom stereocenters. The van der Waals surface area contributed by atoms with Gasteiger partial charge in [0, 0.05) is 114 Å². The van der Waals surface area contributed by atoms with Gasteiger partial charge in [0.05, 0.1) is 19.8 Å². The van der Waals surface area contributed by atoms with Gasteiger partial charge >= 0.3 is 0 Å². The maximum atomic E-state index is 14.3. The molecule has 78 heavy (non-hydrogen) atoms. The Hall–Kier alpha value is -8.13. The first kappa shape index (κ1) is 59.1. The minimum Gasteiger partial charge on any atom is -0.483 e. The van der Waals surface area contributed by atoms with E-state index in [1.54, 1.807) is 64.3 Å². The maximum Gasteiger partial charge on any atom is 0.271 e. The van der Waals surface area contributed by atoms with Crippen molar-refractivity contribution in [2.75, 3.05) is 60.8 Å². The van der Waals surface area contributed by atoms with Crippen molar-refractivity contribution in [3.05, 3.63) is 198 Å². The van der Waals surface area contributed by atoms with E-state index in [-0.39, 0.29) is 99.1 Å². The first-order chi connectivity index (χ1) is 37.9. The SMILES string of the molecule is COCCn1ccc(=O)c(C)c1C(=O)NCCCC(CCCNC(=O)c1c(OCc2ccccc2)c(=O)ccn1CCOC)(CCCNC(=O)c1c(OCc2ccccc2)c(=O)ccn1CCOC)NC(=O)c1ccccc1. The number of nitrogens with one attached hydrogen (secondary N) is 4. The Morgan fingerprint density at radius 1 is 0.462 bits per heavy atom. The van der Waals surface area contributed by atoms with Crippen LogP contribution in [0.25, 0.3) is 0 Å². The topological polar surface area (TPSA) is 229 Å². The Morgan fingerprint density at radius 3 is 1.22 bits per heavy atom. The molecule has 0 aliphatic carbocycles. The zero-order valence-electron chi connectivity index (χ0n) is 44.9. The van der Waals surface area contributed by atoms with E-state index >= 15 is 0 Å². The van der Waals surface area contributed by atoms with Gasteiger partial charge in [-0.25, -0.2) is 0 Å². The van der Waals surface area contributed by atoms with Gasteiger partial charge in [-0.2, -0.15) is 0 Å². The van der Waals surface area contributed by atoms with Crippen LogP contribution in [0, 0.1) is 6.92 Å². The standard InChI is InChI=1S/C59H71N7O12/c1-43-47(67)23-32-64(35-38-74-2)50(43)56(71)60-29-14-26-59(63-55(70)46-21-12-7-13-22-46,27-15-30-61-57(72)51-53(77-41-44-17-8-5-9-18-44)48(68)24-33-65(51)36-39-75-3)28-16-31-62-58(73)52-54(78-42-45-19-10-6-11-20-45)49(69)25-34-66(52)37-40-76-4/h5-13,17-25,32-34H,14-16,26-31,35-42H2,1-4H3,(H,60,71)(H,61,72)(H,62,73)(H,63,70). The van der Waals surface area contributed by atoms with E-state index in [2.05, 4.69) is 21.3 Å². The number of hydrogen-bond donors (Lipinski definition) is 4. The normalized spacial score (nSPS) is 11.2. The van der Waals surface area contributed by atoms with Crippen molar-refractivity contribution in [1.82, 2.24) is 35.0 Å². The molecule has 3 aromatic carbocycles. The second-order valence-corrected chi connectivity index (χ2v) is 18.7. The summed E-state index contributed by atoms with van der Waals surface area (Å²) in [7, 11) is 4.63. The molecule has 0 bridgehead atoms. The van der Waals surface area contributed by atoms with Crippen molar-refractivity contribution in [3.63, 3.8) is 0 Å². The molecule has 0 spiro atoms. The second-order valence-electron chi connectivity index (χ2n) is 18.7. The van der Waals surface area contributed by atoms with Crippen LogP contribution in [0.2, 0.25) is 0 Å². The van der Waals surface area contributed by atoms with Crippen LogP contribution in [0.5, 0.6) is 11.5 Å². The van der Waals surface area contributed by atoms with Gasteiger partial charge in [-0.3, -0.25) is 33.6 Å². The van der Waals surface area contributed by atoms with Gasteiger partial charge in [0.1, 0.15) is 18.9 Å². The summed E-state index contributed by atoms with van der Waals surface area (Å²) in [6, 6.07) is 31.4. The lowest BCUT2D eigenvalue weighted by Crippen LogP contribution is -2.50. The van der Waals surface area contributed by atoms with Crippen LogP contribution >= 0.6 is 0 Å². The average molecular weight is 1070 g/mol. The van der Waals surface area contributed by atoms with E-state index in [4.69, 9.17) is 23.7 Å². The second kappa shape index (κ2) is 30.6. The van der Waals surface area contributed by atoms with Crippen molar-refractivity contribution in [3.8, 4) is 11.5 Å². The minimum absolute atomic E-state index is 0.0339. The first-order valence-electron chi connectivity index (χ1n) is 26.1. The summed E-state index contributed by atoms with van der Waals surface area (Å²) in [6.07, 6.45) is 6.62. The van der Waals surface area contributed by atoms with Crippen LogP contribution in [0.15, 0.2) is 142 Å². The number of benzene rings is 3. The molecule has 19 nitrogen and oxygen atoms in total. The van der Waals surface area contributed by atoms with Gasteiger partial charge in [-0.15, -0.1) is 0 Å². The molecule has 3 aromatic heterocycles. The number of amides is 4. The third-order valence-electron chi connectivity index (χ3n) is 13.2. The first-order valence-corrected chi connectivity index (χ1v) is 26.1. The lowest BCUT2D eigenvalue weighted by molar-refractivity contribution is 0.0855. The number of ether oxygens (including phenoxy) is 5. The van der Waals surface area contributed by atoms with Crippen LogP contribution in [-0.4, -0.2) is 104 Å². The molecule has 19 heteroatoms. The van der Waals surface area contributed by atoms with Crippen molar-refractivity contribution in [2.45, 2.75) is 83.8 Å². The van der Waals surface area contributed by atoms with E-state index in [0.29, 0.717) is 62.8 Å². The monoisotopic (exact) mass is 1070 g/mol. The quantitative estimate of drug-likeness (QED) is 0.0375. The number of aromatic nitrogens is 3. The molecular weight excluding hydrogens is 999 g/mol. The smallest absolute Gasteiger partial charge is 0.271 e. The summed E-state index contributed by atoms with van der Waals surface area (Å²) in [5.74, 6) is -2.11. The molecule has 4 amide bonds. The summed E-state index contributed by atoms with van der Waals surface area (Å²) >= 11 is 0. The predicted octanol–water partition coefficient (Wildman–Crippen LogP) is 5.68. The average Bonchev–Trinajstić information content (AvgIpc) is 3.46. The van der Waals surface area contributed by atoms with Gasteiger partial charge in [0.2, 0.25) is 10.9 Å². The van der Waals surface area contributed by atoms with Crippen LogP contribution in [0.3, 0.4) is 0 Å². The van der Waals surface area contributed by atoms with Crippen LogP contribution in [0.4, 0.5) is 0 Å². The zero-order valence-corrected chi connectivity index (χ0v) is 44.9. The Labute approximate surface area is 453 Å². The van der Waals surface area contributed by atoms with Crippen molar-refractivity contribution >= 4 is 23.6 Å². The van der Waals surface area contributed by atoms with E-state index in [1.165, 1.54) is 44.8 Å². The highest BCUT2D eigenvalue weighted by Gasteiger charge is 2.32. The van der Waals surface area contributed by atoms with Crippen LogP contribution < -0.4 is 47.0 Å². The van der Waals surface area contributed by atoms with Gasteiger partial charge in [-0.1, -0.05) is 78.9 Å². The Bertz CT molecular complexity index is 2960. The Kier molecular flexibility index (Phi) is 23.2. The molecule has 4 N–H and O–H groups in total. The zero-order chi connectivity index (χ0) is 55.7. The molecular formula is C59H71N7O12. The highest BCUT2D eigenvalue weighted by atomic mass is 16.5. The number of methoxy groups -OCH3 is 3. The van der Waals surface area contributed by atoms with E-state index < -0.39 is 34.1 Å². The molecule has 6 rings (SSSR count). The summed E-state index contributed by atoms with van der Waals surface area (Å²) < 4.78 is 32.9. The van der Waals surface area contributed by atoms with Gasteiger partial charge in [0.25, 0.3) is 23.6 Å². The predicted molar refractivity (Wildman–Crippen MR) is 295 cm³/mol. The Morgan fingerprint density at radius 2 is 0.821 bits per heavy atom. The summed E-state index contributed by atoms with van der Waals surface area (Å²) in [4.78, 5) is 96.0. The van der Waals surface area contributed by atoms with E-state index in [0.717, 1.165) is 11.1 Å². The molecule has 0 fully saturated rings. The van der Waals surface area contributed by atoms with Crippen LogP contribution in [0.1, 0.15) is 97.0 Å². The molecule has 0 radical (unpaired) electrons. The minimum atomic E-state index is -0.995. The largest absolute Gasteiger partial charge is 0.483 e. The van der Waals surface area contributed by atoms with Crippen molar-refractivity contribution in [2.24, 2.45) is 0 Å². The fraction of sp³-hybridized carbons (Fsp3) is 0.373. The highest BCUT2D eigenvalue weighted by Crippen LogP contribution is 2.27. The fourth-order valence-electron chi connectivity index (χ4n) is 9.04. The molecule has 0 saturated heterocycles. The van der Waals surface area contributed by atoms with Gasteiger partial charge in [0.15, 0.2) is 28.3 Å². The third-order valence-corrected chi connectivity index (χ3v) is 13.2. The summed E-state index contributed by atoms with van der Waals surface area (Å²) in [5.41, 5.74) is 0.398. The van der Waals surface area contributed by atoms with Gasteiger partial charge < -0.3 is 58.7 Å². The van der Waals surface area contributed by atoms with Crippen molar-refractivity contribution in [1.29, 1.82) is 0 Å². The van der Waals surface area contributed by atoms with E-state index in [9.17, 15) is 33.6 Å². The molecule has 414 valence electrons. The van der Waals surface area contributed by atoms with Crippen LogP contribution in [-0.2, 0) is 47.1 Å². The number of carbonyl (C=O) groups excluding carboxylic acids is 4. The maximum absolute atomic E-state index is 14.3. The number of hydrogen-bond acceptors (Lipinski definition) is 12. The summed E-state index contributed by atoms with van der Waals surface area (Å²) in [6.45, 7) is 3.80.